The molecule has 1 aliphatic carbocycles. The lowest BCUT2D eigenvalue weighted by Crippen LogP contribution is -2.22. The van der Waals surface area contributed by atoms with Crippen molar-refractivity contribution in [1.82, 2.24) is 9.78 Å². The van der Waals surface area contributed by atoms with Gasteiger partial charge in [-0.1, -0.05) is 6.08 Å². The van der Waals surface area contributed by atoms with Crippen LogP contribution >= 0.6 is 0 Å². The molecule has 4 N–H and O–H groups in total. The minimum absolute atomic E-state index is 0.0539. The molecule has 8 nitrogen and oxygen atoms in total. The van der Waals surface area contributed by atoms with Crippen LogP contribution in [0.2, 0.25) is 0 Å². The van der Waals surface area contributed by atoms with Gasteiger partial charge in [0.25, 0.3) is 5.91 Å². The molecule has 1 aromatic carbocycles. The number of nitrogens with zero attached hydrogens (tertiary/aromatic N) is 3. The summed E-state index contributed by atoms with van der Waals surface area (Å²) in [4.78, 5) is 11.9. The zero-order valence-corrected chi connectivity index (χ0v) is 15.4. The third-order valence-electron chi connectivity index (χ3n) is 5.23. The van der Waals surface area contributed by atoms with Gasteiger partial charge in [-0.05, 0) is 49.9 Å². The Hall–Kier alpha value is -3.25. The number of rotatable bonds is 4. The van der Waals surface area contributed by atoms with Gasteiger partial charge in [0, 0.05) is 17.4 Å². The Morgan fingerprint density at radius 3 is 3.07 bits per heavy atom. The van der Waals surface area contributed by atoms with E-state index in [1.54, 1.807) is 22.9 Å². The number of amides is 1. The normalized spacial score (nSPS) is 20.4. The van der Waals surface area contributed by atoms with Gasteiger partial charge < -0.3 is 20.7 Å². The number of aryl methyl sites for hydroxylation is 1. The van der Waals surface area contributed by atoms with E-state index in [1.807, 2.05) is 19.1 Å². The molecule has 0 saturated heterocycles. The average Bonchev–Trinajstić information content (AvgIpc) is 3.28. The van der Waals surface area contributed by atoms with Crippen molar-refractivity contribution in [2.45, 2.75) is 32.2 Å². The van der Waals surface area contributed by atoms with Crippen molar-refractivity contribution < 1.29 is 14.5 Å². The van der Waals surface area contributed by atoms with Gasteiger partial charge in [0.2, 0.25) is 0 Å². The Bertz CT molecular complexity index is 1010. The van der Waals surface area contributed by atoms with E-state index in [0.717, 1.165) is 36.1 Å². The van der Waals surface area contributed by atoms with Crippen LogP contribution in [-0.4, -0.2) is 27.8 Å². The van der Waals surface area contributed by atoms with Crippen LogP contribution < -0.4 is 15.7 Å². The summed E-state index contributed by atoms with van der Waals surface area (Å²) in [6, 6.07) is 5.97. The van der Waals surface area contributed by atoms with Crippen LogP contribution in [-0.2, 0) is 0 Å². The second kappa shape index (κ2) is 7.05. The fourth-order valence-electron chi connectivity index (χ4n) is 3.88. The number of primary amides is 1. The molecule has 0 spiro atoms. The number of hydrogen-bond acceptors (Lipinski definition) is 6. The Labute approximate surface area is 162 Å². The molecule has 1 aliphatic heterocycles. The highest BCUT2D eigenvalue weighted by molar-refractivity contribution is 6.51. The van der Waals surface area contributed by atoms with E-state index < -0.39 is 13.0 Å². The number of nitrogens with one attached hydrogen (secondary N) is 1. The van der Waals surface area contributed by atoms with Crippen molar-refractivity contribution >= 4 is 30.6 Å². The predicted molar refractivity (Wildman–Crippen MR) is 105 cm³/mol. The molecule has 28 heavy (non-hydrogen) atoms. The third kappa shape index (κ3) is 3.23. The monoisotopic (exact) mass is 377 g/mol. The van der Waals surface area contributed by atoms with E-state index in [0.29, 0.717) is 11.6 Å². The van der Waals surface area contributed by atoms with Gasteiger partial charge in [0.05, 0.1) is 18.0 Å². The van der Waals surface area contributed by atoms with Gasteiger partial charge in [-0.2, -0.15) is 10.4 Å². The summed E-state index contributed by atoms with van der Waals surface area (Å²) in [7, 11) is -0.957. The fraction of sp³-hybridized carbons (Fsp3) is 0.316. The summed E-state index contributed by atoms with van der Waals surface area (Å²) in [5, 5.41) is 26.7. The molecular formula is C19H20BN5O3. The maximum atomic E-state index is 11.9. The van der Waals surface area contributed by atoms with E-state index in [-0.39, 0.29) is 17.5 Å². The summed E-state index contributed by atoms with van der Waals surface area (Å²) >= 11 is 0. The molecule has 2 aromatic rings. The Kier molecular flexibility index (Phi) is 4.57. The van der Waals surface area contributed by atoms with Gasteiger partial charge in [-0.3, -0.25) is 9.48 Å². The second-order valence-electron chi connectivity index (χ2n) is 7.17. The molecule has 0 bridgehead atoms. The number of carbonyl (C=O) groups is 1. The Balaban J connectivity index is 1.67. The van der Waals surface area contributed by atoms with Crippen molar-refractivity contribution in [2.24, 2.45) is 11.7 Å². The van der Waals surface area contributed by atoms with E-state index >= 15 is 0 Å². The standard InChI is InChI=1S/C19H20BN5O3/c1-11-7-14(8-12-5-6-20(27)28-17(11)12)23-19-15(18(22)26)10-25(24-19)16-4-2-3-13(16)9-21/h5-8,10,13,16,27H,2-4H2,1H3,(H2,22,26)(H,23,24)/t13?,16-/m0/s1. The van der Waals surface area contributed by atoms with E-state index in [1.165, 1.54) is 0 Å². The first-order valence-corrected chi connectivity index (χ1v) is 9.19. The number of aromatic nitrogens is 2. The molecule has 1 amide bonds. The van der Waals surface area contributed by atoms with Crippen molar-refractivity contribution in [3.05, 3.63) is 41.0 Å². The van der Waals surface area contributed by atoms with Crippen molar-refractivity contribution in [3.8, 4) is 11.8 Å². The maximum absolute atomic E-state index is 11.9. The molecule has 9 heteroatoms. The van der Waals surface area contributed by atoms with Gasteiger partial charge >= 0.3 is 7.12 Å². The summed E-state index contributed by atoms with van der Waals surface area (Å²) < 4.78 is 7.13. The number of nitrogens with two attached hydrogens (primary N) is 1. The molecule has 1 aromatic heterocycles. The van der Waals surface area contributed by atoms with Crippen LogP contribution in [0.3, 0.4) is 0 Å². The first-order valence-electron chi connectivity index (χ1n) is 9.19. The first kappa shape index (κ1) is 18.1. The summed E-state index contributed by atoms with van der Waals surface area (Å²) in [6.45, 7) is 1.87. The SMILES string of the molecule is Cc1cc(Nc2nn([C@H]3CCCC3C#N)cc2C(N)=O)cc2c1OB(O)C=C2. The highest BCUT2D eigenvalue weighted by Crippen LogP contribution is 2.37. The number of carbonyl (C=O) groups excluding carboxylic acids is 1. The van der Waals surface area contributed by atoms with Crippen LogP contribution in [0.4, 0.5) is 11.5 Å². The minimum atomic E-state index is -0.957. The summed E-state index contributed by atoms with van der Waals surface area (Å²) in [5.41, 5.74) is 8.20. The second-order valence-corrected chi connectivity index (χ2v) is 7.17. The topological polar surface area (TPSA) is 126 Å². The Morgan fingerprint density at radius 2 is 2.32 bits per heavy atom. The lowest BCUT2D eigenvalue weighted by molar-refractivity contribution is 0.100. The van der Waals surface area contributed by atoms with Crippen LogP contribution in [0.1, 0.15) is 46.8 Å². The zero-order valence-electron chi connectivity index (χ0n) is 15.4. The molecule has 1 unspecified atom stereocenters. The number of fused-ring (bicyclic) bond motifs is 1. The largest absolute Gasteiger partial charge is 0.552 e. The minimum Gasteiger partial charge on any atom is -0.532 e. The number of anilines is 2. The molecular weight excluding hydrogens is 357 g/mol. The zero-order chi connectivity index (χ0) is 19.8. The third-order valence-corrected chi connectivity index (χ3v) is 5.23. The molecule has 1 saturated carbocycles. The quantitative estimate of drug-likeness (QED) is 0.702. The smallest absolute Gasteiger partial charge is 0.532 e. The van der Waals surface area contributed by atoms with Crippen molar-refractivity contribution in [2.75, 3.05) is 5.32 Å². The van der Waals surface area contributed by atoms with Crippen LogP contribution in [0.15, 0.2) is 24.3 Å². The molecule has 142 valence electrons. The maximum Gasteiger partial charge on any atom is 0.552 e. The average molecular weight is 377 g/mol. The highest BCUT2D eigenvalue weighted by atomic mass is 16.5. The molecule has 4 rings (SSSR count). The van der Waals surface area contributed by atoms with E-state index in [2.05, 4.69) is 16.5 Å². The van der Waals surface area contributed by atoms with Gasteiger partial charge in [0.15, 0.2) is 5.82 Å². The van der Waals surface area contributed by atoms with Gasteiger partial charge in [0.1, 0.15) is 11.3 Å². The van der Waals surface area contributed by atoms with Crippen LogP contribution in [0, 0.1) is 24.2 Å². The molecule has 1 fully saturated rings. The van der Waals surface area contributed by atoms with Crippen LogP contribution in [0.5, 0.6) is 5.75 Å². The first-order chi connectivity index (χ1) is 13.5. The molecule has 2 heterocycles. The molecule has 2 aliphatic rings. The number of nitriles is 1. The highest BCUT2D eigenvalue weighted by Gasteiger charge is 2.31. The number of hydrogen-bond donors (Lipinski definition) is 3. The summed E-state index contributed by atoms with van der Waals surface area (Å²) in [6.07, 6.45) is 6.04. The fourth-order valence-corrected chi connectivity index (χ4v) is 3.88. The van der Waals surface area contributed by atoms with Crippen molar-refractivity contribution in [1.29, 1.82) is 5.26 Å². The van der Waals surface area contributed by atoms with E-state index in [9.17, 15) is 15.1 Å². The molecule has 2 atom stereocenters. The number of benzene rings is 1. The lowest BCUT2D eigenvalue weighted by atomic mass is 9.86. The molecule has 0 radical (unpaired) electrons. The van der Waals surface area contributed by atoms with Gasteiger partial charge in [-0.15, -0.1) is 0 Å². The van der Waals surface area contributed by atoms with Crippen molar-refractivity contribution in [3.63, 3.8) is 0 Å². The summed E-state index contributed by atoms with van der Waals surface area (Å²) in [5.74, 6) is 1.83. The predicted octanol–water partition coefficient (Wildman–Crippen LogP) is 2.32. The lowest BCUT2D eigenvalue weighted by Gasteiger charge is -2.19. The van der Waals surface area contributed by atoms with Gasteiger partial charge in [-0.25, -0.2) is 0 Å². The Morgan fingerprint density at radius 1 is 1.50 bits per heavy atom. The van der Waals surface area contributed by atoms with E-state index in [4.69, 9.17) is 10.4 Å². The van der Waals surface area contributed by atoms with Crippen LogP contribution in [0.25, 0.3) is 6.08 Å².